The van der Waals surface area contributed by atoms with Crippen LogP contribution in [-0.2, 0) is 115 Å². The van der Waals surface area contributed by atoms with Gasteiger partial charge >= 0.3 is 0 Å². The van der Waals surface area contributed by atoms with Crippen LogP contribution >= 0.6 is 11.8 Å². The molecule has 1 saturated heterocycles. The van der Waals surface area contributed by atoms with Crippen LogP contribution in [0.4, 0.5) is 0 Å². The van der Waals surface area contributed by atoms with Gasteiger partial charge in [-0.1, -0.05) is 163 Å². The van der Waals surface area contributed by atoms with Crippen molar-refractivity contribution in [3.63, 3.8) is 0 Å². The summed E-state index contributed by atoms with van der Waals surface area (Å²) < 4.78 is 0. The summed E-state index contributed by atoms with van der Waals surface area (Å²) in [5.74, 6) is -16.7. The highest BCUT2D eigenvalue weighted by molar-refractivity contribution is 8.00. The monoisotopic (exact) mass is 1790 g/mol. The smallest absolute Gasteiger partial charge is 0.246 e. The van der Waals surface area contributed by atoms with Gasteiger partial charge in [0.1, 0.15) is 83.6 Å². The molecule has 690 valence electrons. The van der Waals surface area contributed by atoms with Crippen LogP contribution < -0.4 is 59.3 Å². The van der Waals surface area contributed by atoms with Gasteiger partial charge in [-0.05, 0) is 94.5 Å². The number of amides is 16. The molecule has 1 aliphatic heterocycles. The van der Waals surface area contributed by atoms with Gasteiger partial charge < -0.3 is 99.0 Å². The molecule has 16 amide bonds. The number of hydrogen-bond donors (Lipinski definition) is 14. The molecule has 37 heteroatoms. The summed E-state index contributed by atoms with van der Waals surface area (Å²) in [6, 6.07) is 23.8. The van der Waals surface area contributed by atoms with Gasteiger partial charge in [0.15, 0.2) is 0 Å². The topological polar surface area (TPSA) is 519 Å². The number of rotatable bonds is 23. The minimum atomic E-state index is -1.78. The highest BCUT2D eigenvalue weighted by atomic mass is 32.2. The molecule has 1 aliphatic rings. The molecule has 16 N–H and O–H groups in total. The summed E-state index contributed by atoms with van der Waals surface area (Å²) in [6.45, 7) is 6.26. The van der Waals surface area contributed by atoms with Gasteiger partial charge in [0.05, 0.1) is 31.8 Å². The average Bonchev–Trinajstić information content (AvgIpc) is 1.50. The second-order valence-corrected chi connectivity index (χ2v) is 34.0. The van der Waals surface area contributed by atoms with Crippen molar-refractivity contribution in [2.24, 2.45) is 23.3 Å². The zero-order valence-electron chi connectivity index (χ0n) is 74.1. The molecule has 3 heterocycles. The maximum atomic E-state index is 15.5. The molecule has 0 saturated carbocycles. The molecular weight excluding hydrogens is 1680 g/mol. The Hall–Kier alpha value is -13.7. The van der Waals surface area contributed by atoms with Crippen molar-refractivity contribution in [3.05, 3.63) is 197 Å². The minimum absolute atomic E-state index is 0.0452. The molecule has 1 fully saturated rings. The summed E-state index contributed by atoms with van der Waals surface area (Å²) >= 11 is 0.831. The number of phenols is 2. The Bertz CT molecular complexity index is 5070. The van der Waals surface area contributed by atoms with Gasteiger partial charge in [-0.2, -0.15) is 0 Å². The van der Waals surface area contributed by atoms with Crippen molar-refractivity contribution < 1.29 is 86.9 Å². The molecule has 36 nitrogen and oxygen atoms in total. The van der Waals surface area contributed by atoms with Crippen LogP contribution in [0.1, 0.15) is 100 Å². The van der Waals surface area contributed by atoms with Crippen molar-refractivity contribution in [2.75, 3.05) is 66.4 Å². The predicted molar refractivity (Wildman–Crippen MR) is 481 cm³/mol. The van der Waals surface area contributed by atoms with Gasteiger partial charge in [-0.15, -0.1) is 11.8 Å². The molecule has 129 heavy (non-hydrogen) atoms. The van der Waals surface area contributed by atoms with Crippen LogP contribution in [0.15, 0.2) is 164 Å². The number of aromatic amines is 1. The van der Waals surface area contributed by atoms with Gasteiger partial charge in [-0.25, -0.2) is 4.98 Å². The number of aromatic nitrogens is 2. The third kappa shape index (κ3) is 30.5. The lowest BCUT2D eigenvalue weighted by Crippen LogP contribution is -2.61. The number of nitrogens with two attached hydrogens (primary N) is 2. The minimum Gasteiger partial charge on any atom is -0.508 e. The lowest BCUT2D eigenvalue weighted by molar-refractivity contribution is -0.151. The summed E-state index contributed by atoms with van der Waals surface area (Å²) in [6.07, 6.45) is 1.81. The van der Waals surface area contributed by atoms with Crippen LogP contribution in [0.2, 0.25) is 0 Å². The second-order valence-electron chi connectivity index (χ2n) is 33.0. The SMILES string of the molecule is CCCC[C@H]1C(=O)N(C)CC(=O)N[C@@H](CC(N)=O)C(=O)N[C@@H](C(C)C)C(=O)N(C)[C@@H](Cc2ccccc2)C(=O)N[C@H](Cc2ccc(O)cc2)C(=O)N(C)CC(=O)NC(Cc2c[nH]c3ncccc23)C(=O)N[C@@H](Cc2ccc(O)cc2)C(=O)N[C@@H](CC(C)C)C(=O)N[C@H](C(=O)NCC(N)=O)CSCC(=O)N[C@H](Cc2ccccc2)C(=O)N(C)[C@@H](Cc2ccccc2)C(=O)N1C. The number of unbranched alkanes of at least 4 members (excludes halogenated alkanes) is 1. The van der Waals surface area contributed by atoms with Crippen LogP contribution in [0.3, 0.4) is 0 Å². The second kappa shape index (κ2) is 48.8. The third-order valence-corrected chi connectivity index (χ3v) is 23.0. The van der Waals surface area contributed by atoms with E-state index in [0.717, 1.165) is 26.5 Å². The van der Waals surface area contributed by atoms with Gasteiger partial charge in [-0.3, -0.25) is 76.7 Å². The lowest BCUT2D eigenvalue weighted by atomic mass is 9.98. The van der Waals surface area contributed by atoms with Gasteiger partial charge in [0, 0.05) is 97.3 Å². The number of pyridine rings is 1. The first kappa shape index (κ1) is 101. The summed E-state index contributed by atoms with van der Waals surface area (Å²) in [5, 5.41) is 45.3. The standard InChI is InChI=1S/C92H118N18O18S/c1-11-12-30-72-90(126)107(7)51-78(116)99-68(47-75(93)113)86(122)105-80(55(4)5)92(128)109(9)73(44-57-25-18-14-19-26-57)87(123)103-69(43-60-33-37-63(112)38-34-60)88(124)106(6)50-77(115)98-67(46-61-48-96-81-64(61)29-22-39-95-81)85(121)102-66(41-59-31-35-62(111)36-32-59)84(120)101-65(40-54(2)3)83(119)104-71(82(118)97-49-76(94)114)52-129-53-79(117)100-70(42-56-23-16-13-17-24-56)89(125)110(10)74(91(127)108(72)8)45-58-27-20-15-21-28-58/h13-29,31-39,48,54-55,65-74,80,111-112H,11-12,30,40-47,49-53H2,1-10H3,(H2,93,113)(H2,94,114)(H,95,96)(H,97,118)(H,98,115)(H,99,116)(H,100,117)(H,101,120)(H,102,121)(H,103,123)(H,104,119)(H,105,122)/t65-,66-,67?,68-,69+,70+,71-,72-,73-,74-,80-/m0/s1. The Morgan fingerprint density at radius 3 is 1.46 bits per heavy atom. The highest BCUT2D eigenvalue weighted by Crippen LogP contribution is 2.24. The van der Waals surface area contributed by atoms with E-state index in [1.54, 1.807) is 137 Å². The number of aromatic hydroxyl groups is 2. The van der Waals surface area contributed by atoms with Crippen LogP contribution in [0, 0.1) is 11.8 Å². The van der Waals surface area contributed by atoms with Crippen molar-refractivity contribution in [1.82, 2.24) is 82.3 Å². The molecule has 8 rings (SSSR count). The molecular formula is C92H118N18O18S. The van der Waals surface area contributed by atoms with E-state index in [2.05, 4.69) is 57.8 Å². The van der Waals surface area contributed by atoms with E-state index in [9.17, 15) is 48.6 Å². The van der Waals surface area contributed by atoms with Crippen molar-refractivity contribution >= 4 is 117 Å². The van der Waals surface area contributed by atoms with E-state index < -0.39 is 199 Å². The summed E-state index contributed by atoms with van der Waals surface area (Å²) in [5.41, 5.74) is 14.6. The fraction of sp³-hybridized carbons (Fsp3) is 0.424. The average molecular weight is 1800 g/mol. The fourth-order valence-electron chi connectivity index (χ4n) is 14.9. The first-order valence-electron chi connectivity index (χ1n) is 42.6. The molecule has 0 spiro atoms. The van der Waals surface area contributed by atoms with E-state index >= 15 is 38.4 Å². The number of hydrogen-bond acceptors (Lipinski definition) is 20. The molecule has 1 unspecified atom stereocenters. The quantitative estimate of drug-likeness (QED) is 0.0427. The first-order valence-corrected chi connectivity index (χ1v) is 43.7. The third-order valence-electron chi connectivity index (χ3n) is 22.0. The van der Waals surface area contributed by atoms with E-state index in [4.69, 9.17) is 11.5 Å². The van der Waals surface area contributed by atoms with Crippen molar-refractivity contribution in [1.29, 1.82) is 0 Å². The Morgan fingerprint density at radius 2 is 0.922 bits per heavy atom. The Balaban J connectivity index is 1.21. The van der Waals surface area contributed by atoms with Gasteiger partial charge in [0.25, 0.3) is 0 Å². The first-order chi connectivity index (χ1) is 61.4. The summed E-state index contributed by atoms with van der Waals surface area (Å²) in [7, 11) is 6.60. The van der Waals surface area contributed by atoms with Crippen LogP contribution in [0.25, 0.3) is 11.0 Å². The maximum absolute atomic E-state index is 15.5. The Labute approximate surface area is 753 Å². The van der Waals surface area contributed by atoms with E-state index in [-0.39, 0.29) is 74.5 Å². The zero-order valence-corrected chi connectivity index (χ0v) is 74.9. The highest BCUT2D eigenvalue weighted by Gasteiger charge is 2.42. The number of carbonyl (C=O) groups is 16. The van der Waals surface area contributed by atoms with E-state index in [1.807, 2.05) is 6.92 Å². The number of H-pyrrole nitrogens is 1. The maximum Gasteiger partial charge on any atom is 0.246 e. The lowest BCUT2D eigenvalue weighted by Gasteiger charge is -2.37. The number of nitrogens with one attached hydrogen (secondary N) is 10. The fourth-order valence-corrected chi connectivity index (χ4v) is 15.7. The summed E-state index contributed by atoms with van der Waals surface area (Å²) in [4.78, 5) is 248. The van der Waals surface area contributed by atoms with Crippen LogP contribution in [-0.4, -0.2) is 272 Å². The number of fused-ring (bicyclic) bond motifs is 1. The number of carbonyl (C=O) groups excluding carboxylic acids is 16. The molecule has 0 bridgehead atoms. The number of nitrogens with zero attached hydrogens (tertiary/aromatic N) is 6. The zero-order chi connectivity index (χ0) is 94.3. The number of phenolic OH excluding ortho intramolecular Hbond substituents is 2. The molecule has 0 radical (unpaired) electrons. The molecule has 11 atom stereocenters. The van der Waals surface area contributed by atoms with E-state index in [1.165, 1.54) is 99.8 Å². The normalized spacial score (nSPS) is 21.9. The number of primary amides is 2. The molecule has 7 aromatic rings. The van der Waals surface area contributed by atoms with Crippen molar-refractivity contribution in [2.45, 2.75) is 172 Å². The molecule has 5 aromatic carbocycles. The van der Waals surface area contributed by atoms with Gasteiger partial charge in [0.2, 0.25) is 94.5 Å². The largest absolute Gasteiger partial charge is 0.508 e. The van der Waals surface area contributed by atoms with Crippen molar-refractivity contribution in [3.8, 4) is 11.5 Å². The number of thioether (sulfide) groups is 1. The molecule has 2 aromatic heterocycles. The number of likely N-dealkylation sites (N-methyl/N-ethyl adjacent to an activating group) is 5. The van der Waals surface area contributed by atoms with Crippen LogP contribution in [0.5, 0.6) is 11.5 Å². The Kier molecular flexibility index (Phi) is 38.1. The Morgan fingerprint density at radius 1 is 0.465 bits per heavy atom. The predicted octanol–water partition coefficient (Wildman–Crippen LogP) is 1.12. The number of benzene rings is 5. The van der Waals surface area contributed by atoms with E-state index in [0.29, 0.717) is 57.3 Å². The molecule has 0 aliphatic carbocycles.